The molecule has 0 saturated heterocycles. The fourth-order valence-corrected chi connectivity index (χ4v) is 3.60. The number of benzene rings is 1. The van der Waals surface area contributed by atoms with Crippen LogP contribution in [0.4, 0.5) is 0 Å². The molecular weight excluding hydrogens is 316 g/mol. The van der Waals surface area contributed by atoms with Gasteiger partial charge < -0.3 is 4.57 Å². The number of hydrogen-bond donors (Lipinski definition) is 1. The second-order valence-corrected chi connectivity index (χ2v) is 6.53. The Labute approximate surface area is 115 Å². The van der Waals surface area contributed by atoms with Crippen LogP contribution in [-0.2, 0) is 23.6 Å². The van der Waals surface area contributed by atoms with Crippen molar-refractivity contribution in [3.63, 3.8) is 0 Å². The zero-order valence-corrected chi connectivity index (χ0v) is 12.2. The highest BCUT2D eigenvalue weighted by Crippen LogP contribution is 2.21. The average Bonchev–Trinajstić information content (AvgIpc) is 2.73. The van der Waals surface area contributed by atoms with E-state index in [1.54, 1.807) is 24.3 Å². The highest BCUT2D eigenvalue weighted by Gasteiger charge is 2.16. The molecule has 0 unspecified atom stereocenters. The molecule has 0 amide bonds. The molecule has 4 nitrogen and oxygen atoms in total. The molecule has 0 spiro atoms. The van der Waals surface area contributed by atoms with Gasteiger partial charge in [0, 0.05) is 30.5 Å². The van der Waals surface area contributed by atoms with Crippen molar-refractivity contribution in [1.82, 2.24) is 9.29 Å². The molecule has 0 aliphatic heterocycles. The minimum absolute atomic E-state index is 0.251. The summed E-state index contributed by atoms with van der Waals surface area (Å²) >= 11 is 3.24. The summed E-state index contributed by atoms with van der Waals surface area (Å²) in [7, 11) is -1.59. The Morgan fingerprint density at radius 2 is 2.00 bits per heavy atom. The van der Waals surface area contributed by atoms with Gasteiger partial charge in [0.05, 0.1) is 4.90 Å². The first kappa shape index (κ1) is 13.3. The van der Waals surface area contributed by atoms with E-state index in [1.165, 1.54) is 0 Å². The first-order valence-electron chi connectivity index (χ1n) is 5.34. The van der Waals surface area contributed by atoms with E-state index in [1.807, 2.05) is 30.1 Å². The van der Waals surface area contributed by atoms with Gasteiger partial charge >= 0.3 is 0 Å². The van der Waals surface area contributed by atoms with Gasteiger partial charge in [0.15, 0.2) is 0 Å². The number of sulfonamides is 1. The molecule has 0 saturated carbocycles. The summed E-state index contributed by atoms with van der Waals surface area (Å²) in [6, 6.07) is 8.62. The smallest absolute Gasteiger partial charge is 0.241 e. The van der Waals surface area contributed by atoms with Gasteiger partial charge in [-0.15, -0.1) is 0 Å². The third kappa shape index (κ3) is 3.01. The Bertz CT molecular complexity index is 650. The highest BCUT2D eigenvalue weighted by atomic mass is 79.9. The molecule has 0 aliphatic carbocycles. The van der Waals surface area contributed by atoms with E-state index in [0.717, 1.165) is 5.56 Å². The molecule has 0 fully saturated rings. The Morgan fingerprint density at radius 1 is 1.28 bits per heavy atom. The normalized spacial score (nSPS) is 11.7. The number of hydrogen-bond acceptors (Lipinski definition) is 2. The van der Waals surface area contributed by atoms with Crippen LogP contribution in [0.2, 0.25) is 0 Å². The van der Waals surface area contributed by atoms with Gasteiger partial charge in [0.2, 0.25) is 10.0 Å². The molecule has 1 aromatic heterocycles. The van der Waals surface area contributed by atoms with Crippen LogP contribution in [0, 0.1) is 0 Å². The zero-order chi connectivity index (χ0) is 13.2. The predicted molar refractivity (Wildman–Crippen MR) is 73.6 cm³/mol. The van der Waals surface area contributed by atoms with Gasteiger partial charge in [-0.2, -0.15) is 0 Å². The van der Waals surface area contributed by atoms with Gasteiger partial charge in [0.1, 0.15) is 0 Å². The monoisotopic (exact) mass is 328 g/mol. The summed E-state index contributed by atoms with van der Waals surface area (Å²) in [5.74, 6) is 0. The third-order valence-electron chi connectivity index (χ3n) is 2.49. The van der Waals surface area contributed by atoms with Crippen molar-refractivity contribution in [2.45, 2.75) is 11.4 Å². The van der Waals surface area contributed by atoms with Crippen LogP contribution in [0.15, 0.2) is 52.1 Å². The minimum atomic E-state index is -3.49. The molecule has 0 atom stereocenters. The van der Waals surface area contributed by atoms with Crippen molar-refractivity contribution in [1.29, 1.82) is 0 Å². The second kappa shape index (κ2) is 5.26. The molecule has 6 heteroatoms. The van der Waals surface area contributed by atoms with Crippen LogP contribution in [0.3, 0.4) is 0 Å². The summed E-state index contributed by atoms with van der Waals surface area (Å²) in [6.45, 7) is 0.282. The van der Waals surface area contributed by atoms with Crippen LogP contribution >= 0.6 is 15.9 Å². The fraction of sp³-hybridized carbons (Fsp3) is 0.167. The molecule has 1 aromatic carbocycles. The molecular formula is C12H13BrN2O2S. The van der Waals surface area contributed by atoms with Crippen LogP contribution in [-0.4, -0.2) is 13.0 Å². The average molecular weight is 329 g/mol. The van der Waals surface area contributed by atoms with Gasteiger partial charge in [0.25, 0.3) is 0 Å². The molecule has 2 rings (SSSR count). The second-order valence-electron chi connectivity index (χ2n) is 3.94. The number of halogens is 1. The van der Waals surface area contributed by atoms with Crippen molar-refractivity contribution in [2.75, 3.05) is 0 Å². The fourth-order valence-electron chi connectivity index (χ4n) is 1.58. The Hall–Kier alpha value is -1.11. The summed E-state index contributed by atoms with van der Waals surface area (Å²) in [5, 5.41) is 0. The summed E-state index contributed by atoms with van der Waals surface area (Å²) < 4.78 is 29.2. The van der Waals surface area contributed by atoms with E-state index in [9.17, 15) is 8.42 Å². The summed E-state index contributed by atoms with van der Waals surface area (Å²) in [6.07, 6.45) is 3.75. The van der Waals surface area contributed by atoms with Crippen LogP contribution in [0.25, 0.3) is 0 Å². The third-order valence-corrected chi connectivity index (χ3v) is 4.90. The Kier molecular flexibility index (Phi) is 3.89. The van der Waals surface area contributed by atoms with Crippen molar-refractivity contribution in [3.05, 3.63) is 52.8 Å². The van der Waals surface area contributed by atoms with Crippen molar-refractivity contribution in [3.8, 4) is 0 Å². The quantitative estimate of drug-likeness (QED) is 0.935. The largest absolute Gasteiger partial charge is 0.357 e. The Balaban J connectivity index is 2.16. The lowest BCUT2D eigenvalue weighted by Crippen LogP contribution is -2.23. The van der Waals surface area contributed by atoms with E-state index >= 15 is 0 Å². The lowest BCUT2D eigenvalue weighted by atomic mass is 10.3. The minimum Gasteiger partial charge on any atom is -0.357 e. The molecule has 0 bridgehead atoms. The number of rotatable bonds is 4. The maximum absolute atomic E-state index is 12.1. The Morgan fingerprint density at radius 3 is 2.61 bits per heavy atom. The van der Waals surface area contributed by atoms with Crippen LogP contribution in [0.5, 0.6) is 0 Å². The predicted octanol–water partition coefficient (Wildman–Crippen LogP) is 2.27. The van der Waals surface area contributed by atoms with E-state index in [-0.39, 0.29) is 11.4 Å². The SMILES string of the molecule is Cn1ccc(CNS(=O)(=O)c2ccccc2Br)c1. The molecule has 0 aliphatic rings. The number of nitrogens with zero attached hydrogens (tertiary/aromatic N) is 1. The number of aryl methyl sites for hydroxylation is 1. The molecule has 1 heterocycles. The van der Waals surface area contributed by atoms with Crippen LogP contribution < -0.4 is 4.72 Å². The van der Waals surface area contributed by atoms with E-state index in [0.29, 0.717) is 4.47 Å². The van der Waals surface area contributed by atoms with Gasteiger partial charge in [-0.1, -0.05) is 12.1 Å². The number of nitrogens with one attached hydrogen (secondary N) is 1. The van der Waals surface area contributed by atoms with Crippen molar-refractivity contribution in [2.24, 2.45) is 7.05 Å². The highest BCUT2D eigenvalue weighted by molar-refractivity contribution is 9.10. The molecule has 96 valence electrons. The molecule has 2 aromatic rings. The summed E-state index contributed by atoms with van der Waals surface area (Å²) in [5.41, 5.74) is 0.924. The van der Waals surface area contributed by atoms with Gasteiger partial charge in [-0.3, -0.25) is 0 Å². The van der Waals surface area contributed by atoms with Crippen molar-refractivity contribution >= 4 is 26.0 Å². The molecule has 18 heavy (non-hydrogen) atoms. The number of aromatic nitrogens is 1. The van der Waals surface area contributed by atoms with Gasteiger partial charge in [-0.25, -0.2) is 13.1 Å². The first-order chi connectivity index (χ1) is 8.49. The maximum atomic E-state index is 12.1. The van der Waals surface area contributed by atoms with E-state index < -0.39 is 10.0 Å². The van der Waals surface area contributed by atoms with Crippen molar-refractivity contribution < 1.29 is 8.42 Å². The van der Waals surface area contributed by atoms with Crippen LogP contribution in [0.1, 0.15) is 5.56 Å². The van der Waals surface area contributed by atoms with E-state index in [4.69, 9.17) is 0 Å². The topological polar surface area (TPSA) is 51.1 Å². The molecule has 0 radical (unpaired) electrons. The zero-order valence-electron chi connectivity index (χ0n) is 9.80. The first-order valence-corrected chi connectivity index (χ1v) is 7.62. The maximum Gasteiger partial charge on any atom is 0.241 e. The van der Waals surface area contributed by atoms with E-state index in [2.05, 4.69) is 20.7 Å². The standard InChI is InChI=1S/C12H13BrN2O2S/c1-15-7-6-10(9-15)8-14-18(16,17)12-5-3-2-4-11(12)13/h2-7,9,14H,8H2,1H3. The summed E-state index contributed by atoms with van der Waals surface area (Å²) in [4.78, 5) is 0.251. The lowest BCUT2D eigenvalue weighted by molar-refractivity contribution is 0.581. The molecule has 1 N–H and O–H groups in total. The lowest BCUT2D eigenvalue weighted by Gasteiger charge is -2.07. The van der Waals surface area contributed by atoms with Gasteiger partial charge in [-0.05, 0) is 39.7 Å².